The lowest BCUT2D eigenvalue weighted by Gasteiger charge is -1.90. The molecule has 3 radical (unpaired) electrons. The molecule has 1 fully saturated rings. The van der Waals surface area contributed by atoms with Crippen molar-refractivity contribution >= 4 is 0 Å². The Morgan fingerprint density at radius 3 is 2.86 bits per heavy atom. The summed E-state index contributed by atoms with van der Waals surface area (Å²) in [6.45, 7) is 1.51. The van der Waals surface area contributed by atoms with Gasteiger partial charge in [0.1, 0.15) is 6.10 Å². The molecule has 35 valence electrons. The van der Waals surface area contributed by atoms with Crippen LogP contribution in [0.4, 0.5) is 0 Å². The number of rotatable bonds is 0. The van der Waals surface area contributed by atoms with E-state index in [-0.39, 0.29) is 6.10 Å². The Bertz CT molecular complexity index is 88.7. The van der Waals surface area contributed by atoms with Gasteiger partial charge in [0.2, 0.25) is 0 Å². The smallest absolute Gasteiger partial charge is 0.148 e. The Morgan fingerprint density at radius 1 is 1.71 bits per heavy atom. The largest absolute Gasteiger partial charge is 0.357 e. The minimum atomic E-state index is -0.333. The minimum absolute atomic E-state index is 0.333. The number of nitrogens with zero attached hydrogens (tertiary/aromatic N) is 1. The van der Waals surface area contributed by atoms with Crippen molar-refractivity contribution in [2.75, 3.05) is 0 Å². The van der Waals surface area contributed by atoms with E-state index in [1.165, 1.54) is 6.61 Å². The van der Waals surface area contributed by atoms with Crippen LogP contribution < -0.4 is 0 Å². The lowest BCUT2D eigenvalue weighted by molar-refractivity contribution is 0.217. The topological polar surface area (TPSA) is 33.0 Å². The monoisotopic (exact) mass is 94.0 g/mol. The van der Waals surface area contributed by atoms with Crippen LogP contribution in [0.3, 0.4) is 0 Å². The molecule has 0 aliphatic carbocycles. The second kappa shape index (κ2) is 1.94. The van der Waals surface area contributed by atoms with Crippen molar-refractivity contribution in [2.45, 2.75) is 6.10 Å². The van der Waals surface area contributed by atoms with E-state index in [0.717, 1.165) is 0 Å². The summed E-state index contributed by atoms with van der Waals surface area (Å²) in [6, 6.07) is 1.92. The average molecular weight is 94.1 g/mol. The van der Waals surface area contributed by atoms with E-state index >= 15 is 0 Å². The van der Waals surface area contributed by atoms with E-state index in [0.29, 0.717) is 0 Å². The van der Waals surface area contributed by atoms with Crippen LogP contribution in [-0.2, 0) is 4.74 Å². The van der Waals surface area contributed by atoms with Crippen LogP contribution in [0.25, 0.3) is 0 Å². The van der Waals surface area contributed by atoms with Gasteiger partial charge in [-0.2, -0.15) is 5.26 Å². The van der Waals surface area contributed by atoms with Gasteiger partial charge in [-0.1, -0.05) is 0 Å². The molecular formula is C5H4NO. The fraction of sp³-hybridized carbons (Fsp3) is 0.200. The molecule has 0 spiro atoms. The van der Waals surface area contributed by atoms with Crippen LogP contribution in [0, 0.1) is 30.8 Å². The fourth-order valence-electron chi connectivity index (χ4n) is 0.395. The van der Waals surface area contributed by atoms with Crippen LogP contribution in [0.15, 0.2) is 0 Å². The molecule has 0 saturated carbocycles. The third-order valence-electron chi connectivity index (χ3n) is 0.717. The molecule has 1 aliphatic rings. The molecule has 1 atom stereocenters. The summed E-state index contributed by atoms with van der Waals surface area (Å²) in [6.07, 6.45) is 3.08. The third kappa shape index (κ3) is 0.908. The van der Waals surface area contributed by atoms with Gasteiger partial charge in [0, 0.05) is 12.8 Å². The maximum absolute atomic E-state index is 8.12. The molecule has 2 nitrogen and oxygen atoms in total. The van der Waals surface area contributed by atoms with Crippen molar-refractivity contribution in [3.8, 4) is 6.07 Å². The SMILES string of the molecule is N#C[C@H]1[CH][CH][CH]O1. The quantitative estimate of drug-likeness (QED) is 0.437. The van der Waals surface area contributed by atoms with Gasteiger partial charge in [-0.25, -0.2) is 0 Å². The highest BCUT2D eigenvalue weighted by atomic mass is 16.5. The van der Waals surface area contributed by atoms with Gasteiger partial charge >= 0.3 is 0 Å². The normalized spacial score (nSPS) is 29.9. The molecule has 7 heavy (non-hydrogen) atoms. The highest BCUT2D eigenvalue weighted by Gasteiger charge is 2.14. The molecule has 0 N–H and O–H groups in total. The summed E-state index contributed by atoms with van der Waals surface area (Å²) in [5.74, 6) is 0. The summed E-state index contributed by atoms with van der Waals surface area (Å²) in [7, 11) is 0. The standard InChI is InChI=1S/C5H4NO/c6-4-5-2-1-3-7-5/h1-3,5H/t5-/m1/s1. The molecule has 1 rings (SSSR count). The van der Waals surface area contributed by atoms with Gasteiger partial charge in [-0.3, -0.25) is 0 Å². The molecule has 0 aromatic heterocycles. The molecule has 1 aliphatic heterocycles. The Labute approximate surface area is 42.7 Å². The van der Waals surface area contributed by atoms with E-state index in [4.69, 9.17) is 10.00 Å². The van der Waals surface area contributed by atoms with Crippen molar-refractivity contribution in [2.24, 2.45) is 0 Å². The number of hydrogen-bond donors (Lipinski definition) is 0. The number of nitriles is 1. The summed E-state index contributed by atoms with van der Waals surface area (Å²) in [5, 5.41) is 8.12. The van der Waals surface area contributed by atoms with E-state index in [1.807, 2.05) is 6.07 Å². The van der Waals surface area contributed by atoms with E-state index in [1.54, 1.807) is 12.8 Å². The first kappa shape index (κ1) is 4.61. The zero-order valence-electron chi connectivity index (χ0n) is 3.66. The fourth-order valence-corrected chi connectivity index (χ4v) is 0.395. The Morgan fingerprint density at radius 2 is 2.57 bits per heavy atom. The number of ether oxygens (including phenoxy) is 1. The molecule has 0 amide bonds. The molecule has 2 heteroatoms. The van der Waals surface area contributed by atoms with E-state index < -0.39 is 0 Å². The molecule has 0 bridgehead atoms. The van der Waals surface area contributed by atoms with Gasteiger partial charge in [0.05, 0.1) is 12.7 Å². The maximum atomic E-state index is 8.12. The number of hydrogen-bond acceptors (Lipinski definition) is 2. The van der Waals surface area contributed by atoms with Gasteiger partial charge in [-0.15, -0.1) is 0 Å². The van der Waals surface area contributed by atoms with Crippen molar-refractivity contribution in [1.82, 2.24) is 0 Å². The summed E-state index contributed by atoms with van der Waals surface area (Å²) < 4.78 is 4.70. The highest BCUT2D eigenvalue weighted by molar-refractivity contribution is 5.11. The predicted octanol–water partition coefficient (Wildman–Crippen LogP) is 0.479. The second-order valence-electron chi connectivity index (χ2n) is 1.21. The van der Waals surface area contributed by atoms with Crippen LogP contribution in [0.1, 0.15) is 0 Å². The van der Waals surface area contributed by atoms with Gasteiger partial charge in [0.15, 0.2) is 0 Å². The summed E-state index contributed by atoms with van der Waals surface area (Å²) in [4.78, 5) is 0. The predicted molar refractivity (Wildman–Crippen MR) is 23.4 cm³/mol. The molecule has 0 aromatic rings. The average Bonchev–Trinajstić information content (AvgIpc) is 2.14. The lowest BCUT2D eigenvalue weighted by atomic mass is 10.3. The zero-order valence-corrected chi connectivity index (χ0v) is 3.66. The van der Waals surface area contributed by atoms with Crippen LogP contribution >= 0.6 is 0 Å². The summed E-state index contributed by atoms with van der Waals surface area (Å²) in [5.41, 5.74) is 0. The first-order valence-corrected chi connectivity index (χ1v) is 1.98. The summed E-state index contributed by atoms with van der Waals surface area (Å²) >= 11 is 0. The Kier molecular flexibility index (Phi) is 1.28. The highest BCUT2D eigenvalue weighted by Crippen LogP contribution is 2.11. The van der Waals surface area contributed by atoms with Crippen LogP contribution in [-0.4, -0.2) is 6.10 Å². The first-order chi connectivity index (χ1) is 3.43. The van der Waals surface area contributed by atoms with Crippen molar-refractivity contribution in [3.05, 3.63) is 19.4 Å². The van der Waals surface area contributed by atoms with Gasteiger partial charge in [0.25, 0.3) is 0 Å². The zero-order chi connectivity index (χ0) is 5.11. The van der Waals surface area contributed by atoms with Crippen LogP contribution in [0.5, 0.6) is 0 Å². The van der Waals surface area contributed by atoms with Crippen molar-refractivity contribution < 1.29 is 4.74 Å². The Hall–Kier alpha value is -0.550. The Balaban J connectivity index is 2.31. The third-order valence-corrected chi connectivity index (χ3v) is 0.717. The molecule has 1 heterocycles. The van der Waals surface area contributed by atoms with Gasteiger partial charge in [-0.05, 0) is 0 Å². The maximum Gasteiger partial charge on any atom is 0.148 e. The molecule has 1 saturated heterocycles. The molecular weight excluding hydrogens is 90.1 g/mol. The van der Waals surface area contributed by atoms with Gasteiger partial charge < -0.3 is 4.74 Å². The van der Waals surface area contributed by atoms with E-state index in [2.05, 4.69) is 0 Å². The lowest BCUT2D eigenvalue weighted by Crippen LogP contribution is -1.97. The first-order valence-electron chi connectivity index (χ1n) is 1.98. The second-order valence-corrected chi connectivity index (χ2v) is 1.21. The van der Waals surface area contributed by atoms with Crippen LogP contribution in [0.2, 0.25) is 0 Å². The van der Waals surface area contributed by atoms with Crippen molar-refractivity contribution in [3.63, 3.8) is 0 Å². The minimum Gasteiger partial charge on any atom is -0.357 e. The molecule has 0 aromatic carbocycles. The molecule has 0 unspecified atom stereocenters. The van der Waals surface area contributed by atoms with Crippen molar-refractivity contribution in [1.29, 1.82) is 5.26 Å². The van der Waals surface area contributed by atoms with E-state index in [9.17, 15) is 0 Å².